The van der Waals surface area contributed by atoms with Gasteiger partial charge in [0.15, 0.2) is 6.10 Å². The molecule has 0 aliphatic rings. The van der Waals surface area contributed by atoms with E-state index in [1.165, 1.54) is 6.07 Å². The molecule has 0 saturated heterocycles. The maximum absolute atomic E-state index is 12.5. The van der Waals surface area contributed by atoms with Crippen molar-refractivity contribution < 1.29 is 13.9 Å². The quantitative estimate of drug-likeness (QED) is 0.683. The summed E-state index contributed by atoms with van der Waals surface area (Å²) in [7, 11) is 1.71. The summed E-state index contributed by atoms with van der Waals surface area (Å²) in [5.74, 6) is 0.306. The van der Waals surface area contributed by atoms with Gasteiger partial charge >= 0.3 is 5.63 Å². The van der Waals surface area contributed by atoms with E-state index in [0.717, 1.165) is 16.6 Å². The van der Waals surface area contributed by atoms with Crippen LogP contribution in [0.3, 0.4) is 0 Å². The second-order valence-electron chi connectivity index (χ2n) is 5.90. The number of aryl methyl sites for hydroxylation is 1. The molecular weight excluding hydrogens is 318 g/mol. The highest BCUT2D eigenvalue weighted by Gasteiger charge is 2.20. The van der Waals surface area contributed by atoms with E-state index in [1.54, 1.807) is 31.0 Å². The molecule has 25 heavy (non-hydrogen) atoms. The van der Waals surface area contributed by atoms with E-state index in [2.05, 4.69) is 0 Å². The summed E-state index contributed by atoms with van der Waals surface area (Å²) >= 11 is 0. The van der Waals surface area contributed by atoms with E-state index in [9.17, 15) is 9.59 Å². The van der Waals surface area contributed by atoms with Gasteiger partial charge in [0.05, 0.1) is 0 Å². The first kappa shape index (κ1) is 16.8. The fourth-order valence-electron chi connectivity index (χ4n) is 2.68. The lowest BCUT2D eigenvalue weighted by molar-refractivity contribution is -0.124. The lowest BCUT2D eigenvalue weighted by Gasteiger charge is -2.22. The Balaban J connectivity index is 1.80. The van der Waals surface area contributed by atoms with Crippen LogP contribution in [0.5, 0.6) is 5.75 Å². The molecule has 0 fully saturated rings. The van der Waals surface area contributed by atoms with E-state index < -0.39 is 11.7 Å². The van der Waals surface area contributed by atoms with Crippen molar-refractivity contribution in [3.63, 3.8) is 0 Å². The lowest BCUT2D eigenvalue weighted by Crippen LogP contribution is -2.37. The van der Waals surface area contributed by atoms with Crippen LogP contribution in [0.1, 0.15) is 12.5 Å². The number of carbonyl (C=O) groups is 1. The number of hydrogen-bond donors (Lipinski definition) is 0. The maximum Gasteiger partial charge on any atom is 0.336 e. The van der Waals surface area contributed by atoms with Crippen LogP contribution in [-0.4, -0.2) is 19.1 Å². The third kappa shape index (κ3) is 3.55. The van der Waals surface area contributed by atoms with Gasteiger partial charge in [-0.2, -0.15) is 0 Å². The number of likely N-dealkylation sites (N-methyl/N-ethyl adjacent to an activating group) is 1. The molecule has 128 valence electrons. The number of amides is 1. The minimum atomic E-state index is -0.681. The zero-order chi connectivity index (χ0) is 18.0. The van der Waals surface area contributed by atoms with Crippen LogP contribution in [0.25, 0.3) is 11.0 Å². The number of benzene rings is 2. The largest absolute Gasteiger partial charge is 0.481 e. The molecule has 0 saturated carbocycles. The van der Waals surface area contributed by atoms with Gasteiger partial charge in [-0.25, -0.2) is 4.79 Å². The van der Waals surface area contributed by atoms with Crippen molar-refractivity contribution in [3.8, 4) is 5.75 Å². The molecule has 0 spiro atoms. The fraction of sp³-hybridized carbons (Fsp3) is 0.200. The van der Waals surface area contributed by atoms with Gasteiger partial charge in [0.2, 0.25) is 0 Å². The molecule has 0 radical (unpaired) electrons. The summed E-state index contributed by atoms with van der Waals surface area (Å²) in [5.41, 5.74) is 1.67. The van der Waals surface area contributed by atoms with Gasteiger partial charge in [0, 0.05) is 30.3 Å². The molecule has 5 nitrogen and oxygen atoms in total. The van der Waals surface area contributed by atoms with Gasteiger partial charge in [-0.15, -0.1) is 0 Å². The molecule has 3 rings (SSSR count). The molecule has 1 atom stereocenters. The minimum Gasteiger partial charge on any atom is -0.481 e. The third-order valence-electron chi connectivity index (χ3n) is 4.06. The van der Waals surface area contributed by atoms with Crippen molar-refractivity contribution in [2.24, 2.45) is 0 Å². The van der Waals surface area contributed by atoms with E-state index in [0.29, 0.717) is 11.3 Å². The molecule has 0 aliphatic heterocycles. The van der Waals surface area contributed by atoms with Crippen molar-refractivity contribution in [1.29, 1.82) is 0 Å². The highest BCUT2D eigenvalue weighted by Crippen LogP contribution is 2.23. The van der Waals surface area contributed by atoms with Crippen molar-refractivity contribution >= 4 is 22.6 Å². The van der Waals surface area contributed by atoms with Gasteiger partial charge in [-0.05, 0) is 43.7 Å². The predicted molar refractivity (Wildman–Crippen MR) is 97.2 cm³/mol. The summed E-state index contributed by atoms with van der Waals surface area (Å²) in [6.07, 6.45) is -0.681. The number of hydrogen-bond acceptors (Lipinski definition) is 4. The number of anilines is 1. The Bertz CT molecular complexity index is 962. The Morgan fingerprint density at radius 2 is 1.84 bits per heavy atom. The SMILES string of the molecule is Cc1cc(=O)oc2cc(OC(C)C(=O)N(C)c3ccccc3)ccc12. The normalized spacial score (nSPS) is 12.0. The molecule has 0 bridgehead atoms. The average molecular weight is 337 g/mol. The standard InChI is InChI=1S/C20H19NO4/c1-13-11-19(22)25-18-12-16(9-10-17(13)18)24-14(2)20(23)21(3)15-7-5-4-6-8-15/h4-12,14H,1-3H3. The Hall–Kier alpha value is -3.08. The summed E-state index contributed by atoms with van der Waals surface area (Å²) in [5, 5.41) is 0.840. The van der Waals surface area contributed by atoms with E-state index in [-0.39, 0.29) is 5.91 Å². The molecule has 1 unspecified atom stereocenters. The Labute approximate surface area is 145 Å². The van der Waals surface area contributed by atoms with Crippen LogP contribution in [-0.2, 0) is 4.79 Å². The third-order valence-corrected chi connectivity index (χ3v) is 4.06. The first-order chi connectivity index (χ1) is 12.0. The first-order valence-electron chi connectivity index (χ1n) is 7.99. The van der Waals surface area contributed by atoms with E-state index in [1.807, 2.05) is 43.3 Å². The molecule has 1 aromatic heterocycles. The number of para-hydroxylation sites is 1. The minimum absolute atomic E-state index is 0.169. The summed E-state index contributed by atoms with van der Waals surface area (Å²) in [6.45, 7) is 3.54. The number of nitrogens with zero attached hydrogens (tertiary/aromatic N) is 1. The fourth-order valence-corrected chi connectivity index (χ4v) is 2.68. The molecule has 1 amide bonds. The maximum atomic E-state index is 12.5. The van der Waals surface area contributed by atoms with Crippen LogP contribution in [0.15, 0.2) is 63.8 Å². The molecule has 3 aromatic rings. The van der Waals surface area contributed by atoms with Crippen molar-refractivity contribution in [2.75, 3.05) is 11.9 Å². The number of ether oxygens (including phenoxy) is 1. The van der Waals surface area contributed by atoms with Gasteiger partial charge in [-0.1, -0.05) is 18.2 Å². The Morgan fingerprint density at radius 3 is 2.56 bits per heavy atom. The van der Waals surface area contributed by atoms with Crippen molar-refractivity contribution in [3.05, 3.63) is 70.6 Å². The average Bonchev–Trinajstić information content (AvgIpc) is 2.60. The van der Waals surface area contributed by atoms with Crippen LogP contribution in [0.2, 0.25) is 0 Å². The summed E-state index contributed by atoms with van der Waals surface area (Å²) in [4.78, 5) is 25.6. The highest BCUT2D eigenvalue weighted by atomic mass is 16.5. The van der Waals surface area contributed by atoms with Crippen LogP contribution in [0.4, 0.5) is 5.69 Å². The summed E-state index contributed by atoms with van der Waals surface area (Å²) < 4.78 is 11.0. The molecule has 1 heterocycles. The molecule has 5 heteroatoms. The van der Waals surface area contributed by atoms with E-state index in [4.69, 9.17) is 9.15 Å². The highest BCUT2D eigenvalue weighted by molar-refractivity contribution is 5.96. The Kier molecular flexibility index (Phi) is 4.57. The smallest absolute Gasteiger partial charge is 0.336 e. The van der Waals surface area contributed by atoms with E-state index >= 15 is 0 Å². The zero-order valence-electron chi connectivity index (χ0n) is 14.4. The summed E-state index contributed by atoms with van der Waals surface area (Å²) in [6, 6.07) is 16.0. The second kappa shape index (κ2) is 6.81. The van der Waals surface area contributed by atoms with Gasteiger partial charge < -0.3 is 14.1 Å². The number of fused-ring (bicyclic) bond motifs is 1. The molecule has 0 aliphatic carbocycles. The molecular formula is C20H19NO4. The zero-order valence-corrected chi connectivity index (χ0v) is 14.4. The monoisotopic (exact) mass is 337 g/mol. The van der Waals surface area contributed by atoms with Crippen LogP contribution < -0.4 is 15.3 Å². The second-order valence-corrected chi connectivity index (χ2v) is 5.90. The van der Waals surface area contributed by atoms with Gasteiger partial charge in [-0.3, -0.25) is 4.79 Å². The Morgan fingerprint density at radius 1 is 1.12 bits per heavy atom. The van der Waals surface area contributed by atoms with Crippen LogP contribution >= 0.6 is 0 Å². The first-order valence-corrected chi connectivity index (χ1v) is 7.99. The molecule has 2 aromatic carbocycles. The van der Waals surface area contributed by atoms with Gasteiger partial charge in [0.1, 0.15) is 11.3 Å². The number of carbonyl (C=O) groups excluding carboxylic acids is 1. The van der Waals surface area contributed by atoms with Gasteiger partial charge in [0.25, 0.3) is 5.91 Å². The number of rotatable bonds is 4. The topological polar surface area (TPSA) is 59.8 Å². The predicted octanol–water partition coefficient (Wildman–Crippen LogP) is 3.53. The van der Waals surface area contributed by atoms with Crippen molar-refractivity contribution in [1.82, 2.24) is 0 Å². The lowest BCUT2D eigenvalue weighted by atomic mass is 10.1. The molecule has 0 N–H and O–H groups in total. The van der Waals surface area contributed by atoms with Crippen molar-refractivity contribution in [2.45, 2.75) is 20.0 Å². The van der Waals surface area contributed by atoms with Crippen LogP contribution in [0, 0.1) is 6.92 Å².